The van der Waals surface area contributed by atoms with Gasteiger partial charge < -0.3 is 10.1 Å². The van der Waals surface area contributed by atoms with Crippen molar-refractivity contribution in [1.82, 2.24) is 4.98 Å². The van der Waals surface area contributed by atoms with Crippen molar-refractivity contribution >= 4 is 5.69 Å². The Kier molecular flexibility index (Phi) is 4.39. The van der Waals surface area contributed by atoms with E-state index < -0.39 is 0 Å². The van der Waals surface area contributed by atoms with Gasteiger partial charge in [-0.3, -0.25) is 4.98 Å². The van der Waals surface area contributed by atoms with Gasteiger partial charge in [-0.1, -0.05) is 6.07 Å². The van der Waals surface area contributed by atoms with Crippen LogP contribution in [0, 0.1) is 0 Å². The fourth-order valence-electron chi connectivity index (χ4n) is 2.78. The molecule has 1 aromatic heterocycles. The summed E-state index contributed by atoms with van der Waals surface area (Å²) in [5, 5.41) is 3.46. The van der Waals surface area contributed by atoms with Crippen molar-refractivity contribution < 1.29 is 4.74 Å². The smallest absolute Gasteiger partial charge is 0.119 e. The monoisotopic (exact) mass is 282 g/mol. The predicted molar refractivity (Wildman–Crippen MR) is 85.6 cm³/mol. The quantitative estimate of drug-likeness (QED) is 0.871. The van der Waals surface area contributed by atoms with Crippen molar-refractivity contribution in [2.24, 2.45) is 0 Å². The summed E-state index contributed by atoms with van der Waals surface area (Å²) < 4.78 is 5.98. The van der Waals surface area contributed by atoms with E-state index in [1.54, 1.807) is 0 Å². The van der Waals surface area contributed by atoms with Crippen LogP contribution in [0.3, 0.4) is 0 Å². The number of aromatic nitrogens is 1. The minimum absolute atomic E-state index is 0.188. The number of nitrogens with zero attached hydrogens (tertiary/aromatic N) is 1. The molecule has 0 radical (unpaired) electrons. The maximum atomic E-state index is 5.98. The highest BCUT2D eigenvalue weighted by Gasteiger charge is 2.16. The van der Waals surface area contributed by atoms with Crippen LogP contribution in [0.2, 0.25) is 0 Å². The molecule has 0 saturated heterocycles. The van der Waals surface area contributed by atoms with Gasteiger partial charge >= 0.3 is 0 Å². The molecule has 1 heterocycles. The molecule has 3 heteroatoms. The highest BCUT2D eigenvalue weighted by atomic mass is 16.5. The molecular formula is C18H22N2O. The summed E-state index contributed by atoms with van der Waals surface area (Å²) in [5.41, 5.74) is 2.13. The van der Waals surface area contributed by atoms with E-state index in [4.69, 9.17) is 4.74 Å². The Morgan fingerprint density at radius 1 is 1.10 bits per heavy atom. The normalized spacial score (nSPS) is 16.6. The number of hydrogen-bond donors (Lipinski definition) is 1. The molecule has 1 unspecified atom stereocenters. The van der Waals surface area contributed by atoms with Crippen molar-refractivity contribution in [1.29, 1.82) is 0 Å². The van der Waals surface area contributed by atoms with Crippen LogP contribution < -0.4 is 10.1 Å². The molecule has 1 aliphatic carbocycles. The van der Waals surface area contributed by atoms with E-state index in [9.17, 15) is 0 Å². The second-order valence-corrected chi connectivity index (χ2v) is 5.67. The minimum Gasteiger partial charge on any atom is -0.490 e. The lowest BCUT2D eigenvalue weighted by molar-refractivity contribution is 0.210. The molecule has 0 bridgehead atoms. The fourth-order valence-corrected chi connectivity index (χ4v) is 2.78. The first-order chi connectivity index (χ1) is 10.3. The van der Waals surface area contributed by atoms with Crippen LogP contribution in [0.15, 0.2) is 48.7 Å². The fraction of sp³-hybridized carbons (Fsp3) is 0.389. The van der Waals surface area contributed by atoms with Crippen molar-refractivity contribution in [3.63, 3.8) is 0 Å². The Balaban J connectivity index is 1.59. The zero-order valence-electron chi connectivity index (χ0n) is 12.5. The van der Waals surface area contributed by atoms with Crippen LogP contribution in [0.25, 0.3) is 0 Å². The molecule has 1 N–H and O–H groups in total. The van der Waals surface area contributed by atoms with Gasteiger partial charge in [0.15, 0.2) is 0 Å². The Morgan fingerprint density at radius 3 is 2.52 bits per heavy atom. The Labute approximate surface area is 126 Å². The van der Waals surface area contributed by atoms with Gasteiger partial charge in [0.2, 0.25) is 0 Å². The van der Waals surface area contributed by atoms with Gasteiger partial charge in [-0.05, 0) is 69.0 Å². The molecular weight excluding hydrogens is 260 g/mol. The number of ether oxygens (including phenoxy) is 1. The van der Waals surface area contributed by atoms with E-state index in [1.807, 2.05) is 36.5 Å². The van der Waals surface area contributed by atoms with Crippen molar-refractivity contribution in [3.8, 4) is 5.75 Å². The van der Waals surface area contributed by atoms with Crippen LogP contribution in [0.1, 0.15) is 44.3 Å². The van der Waals surface area contributed by atoms with Crippen LogP contribution in [0.5, 0.6) is 5.75 Å². The van der Waals surface area contributed by atoms with Crippen molar-refractivity contribution in [2.75, 3.05) is 5.32 Å². The molecule has 1 aliphatic rings. The highest BCUT2D eigenvalue weighted by molar-refractivity contribution is 5.47. The summed E-state index contributed by atoms with van der Waals surface area (Å²) >= 11 is 0. The Bertz CT molecular complexity index is 547. The van der Waals surface area contributed by atoms with Gasteiger partial charge in [0.25, 0.3) is 0 Å². The van der Waals surface area contributed by atoms with Crippen molar-refractivity contribution in [2.45, 2.75) is 44.8 Å². The van der Waals surface area contributed by atoms with Crippen LogP contribution in [0.4, 0.5) is 5.69 Å². The topological polar surface area (TPSA) is 34.1 Å². The van der Waals surface area contributed by atoms with Crippen LogP contribution >= 0.6 is 0 Å². The average Bonchev–Trinajstić information content (AvgIpc) is 3.03. The molecule has 1 atom stereocenters. The summed E-state index contributed by atoms with van der Waals surface area (Å²) in [6.07, 6.45) is 7.22. The standard InChI is InChI=1S/C18H22N2O/c1-14(18-8-4-5-13-19-18)20-15-9-11-17(12-10-15)21-16-6-2-3-7-16/h4-5,8-14,16,20H,2-3,6-7H2,1H3. The van der Waals surface area contributed by atoms with Gasteiger partial charge in [-0.2, -0.15) is 0 Å². The molecule has 0 aliphatic heterocycles. The van der Waals surface area contributed by atoms with Gasteiger partial charge in [-0.25, -0.2) is 0 Å². The number of rotatable bonds is 5. The number of hydrogen-bond acceptors (Lipinski definition) is 3. The third-order valence-corrected chi connectivity index (χ3v) is 3.97. The maximum Gasteiger partial charge on any atom is 0.119 e. The third kappa shape index (κ3) is 3.75. The Morgan fingerprint density at radius 2 is 1.86 bits per heavy atom. The average molecular weight is 282 g/mol. The minimum atomic E-state index is 0.188. The second-order valence-electron chi connectivity index (χ2n) is 5.67. The van der Waals surface area contributed by atoms with Crippen molar-refractivity contribution in [3.05, 3.63) is 54.4 Å². The summed E-state index contributed by atoms with van der Waals surface area (Å²) in [6, 6.07) is 14.4. The number of nitrogens with one attached hydrogen (secondary N) is 1. The predicted octanol–water partition coefficient (Wildman–Crippen LogP) is 4.58. The molecule has 2 aromatic rings. The SMILES string of the molecule is CC(Nc1ccc(OC2CCCC2)cc1)c1ccccn1. The van der Waals surface area contributed by atoms with Gasteiger partial charge in [0, 0.05) is 11.9 Å². The Hall–Kier alpha value is -2.03. The largest absolute Gasteiger partial charge is 0.490 e. The van der Waals surface area contributed by atoms with Gasteiger partial charge in [0.05, 0.1) is 17.8 Å². The number of anilines is 1. The molecule has 1 fully saturated rings. The first-order valence-corrected chi connectivity index (χ1v) is 7.75. The van der Waals surface area contributed by atoms with E-state index in [0.29, 0.717) is 6.10 Å². The molecule has 1 saturated carbocycles. The lowest BCUT2D eigenvalue weighted by Crippen LogP contribution is -2.11. The summed E-state index contributed by atoms with van der Waals surface area (Å²) in [5.74, 6) is 0.970. The first-order valence-electron chi connectivity index (χ1n) is 7.75. The van der Waals surface area contributed by atoms with Gasteiger partial charge in [0.1, 0.15) is 5.75 Å². The number of benzene rings is 1. The molecule has 0 spiro atoms. The van der Waals surface area contributed by atoms with E-state index in [1.165, 1.54) is 25.7 Å². The van der Waals surface area contributed by atoms with E-state index in [2.05, 4.69) is 29.4 Å². The van der Waals surface area contributed by atoms with Crippen LogP contribution in [-0.2, 0) is 0 Å². The number of pyridine rings is 1. The molecule has 1 aromatic carbocycles. The zero-order chi connectivity index (χ0) is 14.5. The van der Waals surface area contributed by atoms with E-state index in [0.717, 1.165) is 17.1 Å². The lowest BCUT2D eigenvalue weighted by Gasteiger charge is -2.16. The zero-order valence-corrected chi connectivity index (χ0v) is 12.5. The lowest BCUT2D eigenvalue weighted by atomic mass is 10.2. The van der Waals surface area contributed by atoms with Gasteiger partial charge in [-0.15, -0.1) is 0 Å². The molecule has 3 nitrogen and oxygen atoms in total. The second kappa shape index (κ2) is 6.61. The maximum absolute atomic E-state index is 5.98. The molecule has 3 rings (SSSR count). The van der Waals surface area contributed by atoms with E-state index >= 15 is 0 Å². The molecule has 0 amide bonds. The molecule has 110 valence electrons. The molecule has 21 heavy (non-hydrogen) atoms. The highest BCUT2D eigenvalue weighted by Crippen LogP contribution is 2.26. The van der Waals surface area contributed by atoms with E-state index in [-0.39, 0.29) is 6.04 Å². The van der Waals surface area contributed by atoms with Crippen LogP contribution in [-0.4, -0.2) is 11.1 Å². The summed E-state index contributed by atoms with van der Waals surface area (Å²) in [6.45, 7) is 2.12. The first kappa shape index (κ1) is 13.9. The summed E-state index contributed by atoms with van der Waals surface area (Å²) in [7, 11) is 0. The third-order valence-electron chi connectivity index (χ3n) is 3.97. The summed E-state index contributed by atoms with van der Waals surface area (Å²) in [4.78, 5) is 4.37.